The number of anilines is 3. The summed E-state index contributed by atoms with van der Waals surface area (Å²) in [5, 5.41) is 22.7. The molecule has 1 unspecified atom stereocenters. The number of furan rings is 1. The van der Waals surface area contributed by atoms with E-state index in [2.05, 4.69) is 37.0 Å². The van der Waals surface area contributed by atoms with Crippen molar-refractivity contribution in [2.75, 3.05) is 24.3 Å². The molecular weight excluding hydrogens is 414 g/mol. The summed E-state index contributed by atoms with van der Waals surface area (Å²) in [4.78, 5) is 11.4. The second-order valence-electron chi connectivity index (χ2n) is 5.86. The number of carbonyl (C=O) groups excluding carboxylic acids is 1. The Morgan fingerprint density at radius 1 is 1.37 bits per heavy atom. The lowest BCUT2D eigenvalue weighted by molar-refractivity contribution is -0.121. The van der Waals surface area contributed by atoms with Crippen LogP contribution < -0.4 is 16.0 Å². The minimum absolute atomic E-state index is 0.0589. The molecule has 4 N–H and O–H groups in total. The van der Waals surface area contributed by atoms with Gasteiger partial charge in [-0.3, -0.25) is 9.48 Å². The summed E-state index contributed by atoms with van der Waals surface area (Å²) in [5.41, 5.74) is 2.39. The highest BCUT2D eigenvalue weighted by molar-refractivity contribution is 9.10. The number of halogens is 1. The van der Waals surface area contributed by atoms with E-state index in [1.54, 1.807) is 31.8 Å². The fraction of sp³-hybridized carbons (Fsp3) is 0.222. The van der Waals surface area contributed by atoms with Gasteiger partial charge < -0.3 is 25.5 Å². The zero-order chi connectivity index (χ0) is 19.2. The van der Waals surface area contributed by atoms with Gasteiger partial charge in [0.25, 0.3) is 0 Å². The van der Waals surface area contributed by atoms with E-state index in [0.29, 0.717) is 11.6 Å². The minimum Gasteiger partial charge on any atom is -0.446 e. The topological polar surface area (TPSA) is 104 Å². The Labute approximate surface area is 164 Å². The van der Waals surface area contributed by atoms with Gasteiger partial charge in [-0.1, -0.05) is 28.1 Å². The molecule has 0 aliphatic rings. The third-order valence-corrected chi connectivity index (χ3v) is 4.35. The first-order valence-corrected chi connectivity index (χ1v) is 9.08. The highest BCUT2D eigenvalue weighted by atomic mass is 79.9. The van der Waals surface area contributed by atoms with Crippen molar-refractivity contribution in [1.29, 1.82) is 0 Å². The lowest BCUT2D eigenvalue weighted by Gasteiger charge is -2.16. The van der Waals surface area contributed by atoms with E-state index in [-0.39, 0.29) is 25.1 Å². The van der Waals surface area contributed by atoms with Crippen LogP contribution >= 0.6 is 15.9 Å². The lowest BCUT2D eigenvalue weighted by Crippen LogP contribution is -2.23. The number of nitrogens with one attached hydrogen (secondary N) is 3. The molecule has 2 heterocycles. The molecule has 142 valence electrons. The number of rotatable bonds is 8. The van der Waals surface area contributed by atoms with Crippen LogP contribution in [0.4, 0.5) is 17.3 Å². The predicted molar refractivity (Wildman–Crippen MR) is 106 cm³/mol. The first kappa shape index (κ1) is 19.0. The van der Waals surface area contributed by atoms with Crippen LogP contribution in [0.25, 0.3) is 0 Å². The second-order valence-corrected chi connectivity index (χ2v) is 6.77. The van der Waals surface area contributed by atoms with Gasteiger partial charge in [-0.25, -0.2) is 0 Å². The smallest absolute Gasteiger partial charge is 0.241 e. The minimum atomic E-state index is -0.261. The van der Waals surface area contributed by atoms with Crippen molar-refractivity contribution in [2.45, 2.75) is 12.6 Å². The van der Waals surface area contributed by atoms with E-state index in [1.165, 1.54) is 4.68 Å². The third kappa shape index (κ3) is 5.11. The Bertz CT molecular complexity index is 908. The fourth-order valence-electron chi connectivity index (χ4n) is 2.52. The van der Waals surface area contributed by atoms with Crippen molar-refractivity contribution in [2.24, 2.45) is 0 Å². The molecular formula is C18H20BrN5O3. The summed E-state index contributed by atoms with van der Waals surface area (Å²) in [6, 6.07) is 9.27. The van der Waals surface area contributed by atoms with Gasteiger partial charge in [0.15, 0.2) is 5.88 Å². The van der Waals surface area contributed by atoms with Crippen LogP contribution in [0.5, 0.6) is 0 Å². The van der Waals surface area contributed by atoms with Gasteiger partial charge in [0.1, 0.15) is 12.8 Å². The number of likely N-dealkylation sites (N-methyl/N-ethyl adjacent to an activating group) is 1. The Morgan fingerprint density at radius 2 is 2.22 bits per heavy atom. The normalized spacial score (nSPS) is 11.8. The molecule has 0 spiro atoms. The Morgan fingerprint density at radius 3 is 2.96 bits per heavy atom. The molecule has 9 heteroatoms. The number of aromatic nitrogens is 2. The number of carbonyl (C=O) groups is 1. The van der Waals surface area contributed by atoms with Crippen molar-refractivity contribution in [3.05, 3.63) is 59.0 Å². The Balaban J connectivity index is 1.63. The van der Waals surface area contributed by atoms with Crippen LogP contribution in [-0.2, 0) is 11.3 Å². The molecule has 3 aromatic rings. The van der Waals surface area contributed by atoms with Crippen LogP contribution in [0.1, 0.15) is 11.6 Å². The Kier molecular flexibility index (Phi) is 6.15. The average molecular weight is 434 g/mol. The van der Waals surface area contributed by atoms with Gasteiger partial charge in [0, 0.05) is 23.8 Å². The number of nitrogens with zero attached hydrogens (tertiary/aromatic N) is 2. The third-order valence-electron chi connectivity index (χ3n) is 3.86. The number of benzene rings is 1. The Hall–Kier alpha value is -2.78. The van der Waals surface area contributed by atoms with Gasteiger partial charge in [-0.05, 0) is 17.7 Å². The molecule has 0 aliphatic carbocycles. The summed E-state index contributed by atoms with van der Waals surface area (Å²) in [5.74, 6) is 0.389. The summed E-state index contributed by atoms with van der Waals surface area (Å²) in [6.07, 6.45) is 4.89. The van der Waals surface area contributed by atoms with Crippen LogP contribution in [0.3, 0.4) is 0 Å². The largest absolute Gasteiger partial charge is 0.446 e. The molecule has 0 bridgehead atoms. The van der Waals surface area contributed by atoms with Crippen LogP contribution in [-0.4, -0.2) is 34.4 Å². The van der Waals surface area contributed by atoms with Gasteiger partial charge in [0.05, 0.1) is 30.2 Å². The van der Waals surface area contributed by atoms with Crippen molar-refractivity contribution in [1.82, 2.24) is 15.1 Å². The lowest BCUT2D eigenvalue weighted by atomic mass is 10.1. The zero-order valence-electron chi connectivity index (χ0n) is 14.6. The summed E-state index contributed by atoms with van der Waals surface area (Å²) in [6.45, 7) is 0.0879. The van der Waals surface area contributed by atoms with E-state index in [1.807, 2.05) is 24.3 Å². The maximum Gasteiger partial charge on any atom is 0.241 e. The standard InChI is InChI=1S/C18H20BrN5O3/c1-20-17(26)9-24-8-15(7-21-24)23-18-6-14(11-27-18)22-16(10-25)12-3-2-4-13(19)5-12/h2-8,11,16,22-23,25H,9-10H2,1H3,(H,20,26). The molecule has 27 heavy (non-hydrogen) atoms. The van der Waals surface area contributed by atoms with E-state index >= 15 is 0 Å². The number of hydrogen-bond acceptors (Lipinski definition) is 6. The van der Waals surface area contributed by atoms with Crippen LogP contribution in [0.2, 0.25) is 0 Å². The monoisotopic (exact) mass is 433 g/mol. The molecule has 1 amide bonds. The number of amides is 1. The van der Waals surface area contributed by atoms with Gasteiger partial charge >= 0.3 is 0 Å². The highest BCUT2D eigenvalue weighted by Crippen LogP contribution is 2.26. The van der Waals surface area contributed by atoms with Crippen LogP contribution in [0, 0.1) is 0 Å². The molecule has 0 radical (unpaired) electrons. The van der Waals surface area contributed by atoms with Gasteiger partial charge in [0.2, 0.25) is 5.91 Å². The van der Waals surface area contributed by atoms with Crippen LogP contribution in [0.15, 0.2) is 57.9 Å². The first-order valence-electron chi connectivity index (χ1n) is 8.29. The molecule has 8 nitrogen and oxygen atoms in total. The van der Waals surface area contributed by atoms with E-state index < -0.39 is 0 Å². The quantitative estimate of drug-likeness (QED) is 0.435. The molecule has 0 saturated heterocycles. The summed E-state index contributed by atoms with van der Waals surface area (Å²) in [7, 11) is 1.58. The number of aliphatic hydroxyl groups excluding tert-OH is 1. The van der Waals surface area contributed by atoms with Crippen molar-refractivity contribution >= 4 is 39.1 Å². The molecule has 2 aromatic heterocycles. The maximum atomic E-state index is 11.4. The van der Waals surface area contributed by atoms with Gasteiger partial charge in [-0.2, -0.15) is 5.10 Å². The fourth-order valence-corrected chi connectivity index (χ4v) is 2.94. The summed E-state index contributed by atoms with van der Waals surface area (Å²) < 4.78 is 7.98. The predicted octanol–water partition coefficient (Wildman–Crippen LogP) is 2.87. The molecule has 1 atom stereocenters. The van der Waals surface area contributed by atoms with E-state index in [0.717, 1.165) is 15.7 Å². The van der Waals surface area contributed by atoms with Crippen molar-refractivity contribution in [3.8, 4) is 0 Å². The van der Waals surface area contributed by atoms with Crippen molar-refractivity contribution in [3.63, 3.8) is 0 Å². The number of hydrogen-bond donors (Lipinski definition) is 4. The first-order chi connectivity index (χ1) is 13.1. The average Bonchev–Trinajstić information content (AvgIpc) is 3.29. The maximum absolute atomic E-state index is 11.4. The molecule has 0 fully saturated rings. The van der Waals surface area contributed by atoms with Gasteiger partial charge in [-0.15, -0.1) is 0 Å². The second kappa shape index (κ2) is 8.74. The SMILES string of the molecule is CNC(=O)Cn1cc(Nc2cc(NC(CO)c3cccc(Br)c3)co2)cn1. The summed E-state index contributed by atoms with van der Waals surface area (Å²) >= 11 is 3.44. The van der Waals surface area contributed by atoms with E-state index in [9.17, 15) is 9.90 Å². The van der Waals surface area contributed by atoms with E-state index in [4.69, 9.17) is 4.42 Å². The highest BCUT2D eigenvalue weighted by Gasteiger charge is 2.13. The zero-order valence-corrected chi connectivity index (χ0v) is 16.2. The molecule has 3 rings (SSSR count). The van der Waals surface area contributed by atoms with Crippen molar-refractivity contribution < 1.29 is 14.3 Å². The molecule has 0 aliphatic heterocycles. The molecule has 1 aromatic carbocycles. The molecule has 0 saturated carbocycles. The number of aliphatic hydroxyl groups is 1.